The second-order valence-electron chi connectivity index (χ2n) is 3.23. The molecule has 0 fully saturated rings. The van der Waals surface area contributed by atoms with Crippen LogP contribution in [0.4, 0.5) is 0 Å². The quantitative estimate of drug-likeness (QED) is 0.868. The monoisotopic (exact) mass is 269 g/mol. The van der Waals surface area contributed by atoms with Crippen molar-refractivity contribution in [3.8, 4) is 0 Å². The van der Waals surface area contributed by atoms with Gasteiger partial charge in [0.25, 0.3) is 0 Å². The Kier molecular flexibility index (Phi) is 4.13. The Morgan fingerprint density at radius 1 is 1.67 bits per heavy atom. The fourth-order valence-electron chi connectivity index (χ4n) is 0.924. The smallest absolute Gasteiger partial charge is 0.250 e. The van der Waals surface area contributed by atoms with Crippen molar-refractivity contribution in [3.63, 3.8) is 0 Å². The van der Waals surface area contributed by atoms with E-state index in [2.05, 4.69) is 4.72 Å². The number of aliphatic hydroxyl groups excluding tert-OH is 1. The minimum atomic E-state index is -3.55. The van der Waals surface area contributed by atoms with E-state index in [-0.39, 0.29) is 10.8 Å². The first-order chi connectivity index (χ1) is 6.86. The summed E-state index contributed by atoms with van der Waals surface area (Å²) < 4.78 is 26.4. The van der Waals surface area contributed by atoms with Gasteiger partial charge in [0, 0.05) is 6.04 Å². The number of aliphatic hydroxyl groups is 1. The largest absolute Gasteiger partial charge is 0.395 e. The van der Waals surface area contributed by atoms with Gasteiger partial charge in [-0.2, -0.15) is 0 Å². The molecule has 0 spiro atoms. The molecule has 0 bridgehead atoms. The second-order valence-corrected chi connectivity index (χ2v) is 6.82. The fraction of sp³-hybridized carbons (Fsp3) is 0.500. The van der Waals surface area contributed by atoms with Gasteiger partial charge in [-0.15, -0.1) is 11.3 Å². The maximum Gasteiger partial charge on any atom is 0.250 e. The first-order valence-electron chi connectivity index (χ1n) is 4.26. The molecular weight excluding hydrogens is 258 g/mol. The average molecular weight is 270 g/mol. The highest BCUT2D eigenvalue weighted by atomic mass is 35.5. The molecule has 7 heteroatoms. The Hall–Kier alpha value is -0.140. The molecule has 0 radical (unpaired) electrons. The van der Waals surface area contributed by atoms with E-state index in [0.29, 0.717) is 4.34 Å². The van der Waals surface area contributed by atoms with Crippen LogP contribution >= 0.6 is 22.9 Å². The molecule has 0 aliphatic heterocycles. The lowest BCUT2D eigenvalue weighted by Crippen LogP contribution is -2.34. The van der Waals surface area contributed by atoms with E-state index < -0.39 is 16.1 Å². The van der Waals surface area contributed by atoms with Crippen molar-refractivity contribution in [3.05, 3.63) is 16.0 Å². The van der Waals surface area contributed by atoms with Crippen molar-refractivity contribution >= 4 is 33.0 Å². The van der Waals surface area contributed by atoms with Crippen molar-refractivity contribution in [2.45, 2.75) is 24.1 Å². The summed E-state index contributed by atoms with van der Waals surface area (Å²) in [6.07, 6.45) is 0. The molecule has 0 saturated heterocycles. The van der Waals surface area contributed by atoms with E-state index in [1.54, 1.807) is 13.8 Å². The lowest BCUT2D eigenvalue weighted by atomic mass is 10.4. The third kappa shape index (κ3) is 3.15. The number of hydrogen-bond acceptors (Lipinski definition) is 4. The van der Waals surface area contributed by atoms with Crippen LogP contribution in [0.5, 0.6) is 0 Å². The van der Waals surface area contributed by atoms with Crippen LogP contribution in [0.15, 0.2) is 10.3 Å². The molecule has 1 aromatic rings. The Labute approximate surface area is 97.9 Å². The van der Waals surface area contributed by atoms with Gasteiger partial charge in [0.15, 0.2) is 0 Å². The van der Waals surface area contributed by atoms with Crippen LogP contribution in [0.2, 0.25) is 4.34 Å². The van der Waals surface area contributed by atoms with Crippen LogP contribution in [-0.2, 0) is 10.0 Å². The van der Waals surface area contributed by atoms with Gasteiger partial charge >= 0.3 is 0 Å². The zero-order chi connectivity index (χ0) is 11.6. The maximum atomic E-state index is 11.7. The van der Waals surface area contributed by atoms with E-state index in [9.17, 15) is 8.42 Å². The summed E-state index contributed by atoms with van der Waals surface area (Å²) >= 11 is 6.79. The van der Waals surface area contributed by atoms with Gasteiger partial charge in [0.05, 0.1) is 10.9 Å². The van der Waals surface area contributed by atoms with Gasteiger partial charge in [-0.05, 0) is 25.5 Å². The number of aryl methyl sites for hydroxylation is 1. The third-order valence-electron chi connectivity index (χ3n) is 1.73. The lowest BCUT2D eigenvalue weighted by molar-refractivity contribution is 0.265. The van der Waals surface area contributed by atoms with E-state index in [1.165, 1.54) is 6.07 Å². The normalized spacial score (nSPS) is 14.1. The predicted octanol–water partition coefficient (Wildman–Crippen LogP) is 1.37. The summed E-state index contributed by atoms with van der Waals surface area (Å²) in [5.41, 5.74) is 0.735. The van der Waals surface area contributed by atoms with Crippen LogP contribution < -0.4 is 4.72 Å². The minimum absolute atomic E-state index is 0.172. The SMILES string of the molecule is Cc1cc(S(=O)(=O)N[C@H](C)CO)sc1Cl. The predicted molar refractivity (Wildman–Crippen MR) is 60.9 cm³/mol. The zero-order valence-electron chi connectivity index (χ0n) is 8.32. The first-order valence-corrected chi connectivity index (χ1v) is 6.93. The van der Waals surface area contributed by atoms with E-state index >= 15 is 0 Å². The van der Waals surface area contributed by atoms with Crippen molar-refractivity contribution in [2.24, 2.45) is 0 Å². The Bertz CT molecular complexity index is 421. The van der Waals surface area contributed by atoms with Crippen molar-refractivity contribution in [1.82, 2.24) is 4.72 Å². The molecule has 1 atom stereocenters. The number of rotatable bonds is 4. The molecule has 1 heterocycles. The summed E-state index contributed by atoms with van der Waals surface area (Å²) in [6.45, 7) is 3.09. The molecule has 0 unspecified atom stereocenters. The molecule has 1 aromatic heterocycles. The number of halogens is 1. The average Bonchev–Trinajstić information content (AvgIpc) is 2.47. The van der Waals surface area contributed by atoms with Crippen molar-refractivity contribution in [2.75, 3.05) is 6.61 Å². The number of hydrogen-bond donors (Lipinski definition) is 2. The molecule has 0 saturated carbocycles. The van der Waals surface area contributed by atoms with Crippen LogP contribution in [0.3, 0.4) is 0 Å². The van der Waals surface area contributed by atoms with Gasteiger partial charge in [0.2, 0.25) is 10.0 Å². The van der Waals surface area contributed by atoms with E-state index in [4.69, 9.17) is 16.7 Å². The Balaban J connectivity index is 2.96. The van der Waals surface area contributed by atoms with Gasteiger partial charge in [-0.1, -0.05) is 11.6 Å². The van der Waals surface area contributed by atoms with Crippen LogP contribution in [0.1, 0.15) is 12.5 Å². The molecule has 0 aromatic carbocycles. The molecule has 4 nitrogen and oxygen atoms in total. The zero-order valence-corrected chi connectivity index (χ0v) is 10.7. The summed E-state index contributed by atoms with van der Waals surface area (Å²) in [5, 5.41) is 8.76. The lowest BCUT2D eigenvalue weighted by Gasteiger charge is -2.09. The third-order valence-corrected chi connectivity index (χ3v) is 5.35. The number of thiophene rings is 1. The topological polar surface area (TPSA) is 66.4 Å². The molecule has 0 amide bonds. The van der Waals surface area contributed by atoms with Gasteiger partial charge in [-0.25, -0.2) is 13.1 Å². The summed E-state index contributed by atoms with van der Waals surface area (Å²) in [4.78, 5) is 0. The summed E-state index contributed by atoms with van der Waals surface area (Å²) in [7, 11) is -3.55. The summed E-state index contributed by atoms with van der Waals surface area (Å²) in [5.74, 6) is 0. The van der Waals surface area contributed by atoms with Crippen LogP contribution in [0.25, 0.3) is 0 Å². The Morgan fingerprint density at radius 2 is 2.27 bits per heavy atom. The fourth-order valence-corrected chi connectivity index (χ4v) is 3.88. The van der Waals surface area contributed by atoms with Crippen molar-refractivity contribution < 1.29 is 13.5 Å². The molecular formula is C8H12ClNO3S2. The highest BCUT2D eigenvalue weighted by Gasteiger charge is 2.20. The molecule has 0 aliphatic carbocycles. The summed E-state index contributed by atoms with van der Waals surface area (Å²) in [6, 6.07) is 1.01. The molecule has 15 heavy (non-hydrogen) atoms. The minimum Gasteiger partial charge on any atom is -0.395 e. The number of nitrogens with one attached hydrogen (secondary N) is 1. The van der Waals surface area contributed by atoms with Crippen LogP contribution in [0, 0.1) is 6.92 Å². The van der Waals surface area contributed by atoms with E-state index in [0.717, 1.165) is 16.9 Å². The maximum absolute atomic E-state index is 11.7. The van der Waals surface area contributed by atoms with Crippen molar-refractivity contribution in [1.29, 1.82) is 0 Å². The van der Waals surface area contributed by atoms with Gasteiger partial charge in [0.1, 0.15) is 4.21 Å². The first kappa shape index (κ1) is 12.9. The Morgan fingerprint density at radius 3 is 2.67 bits per heavy atom. The molecule has 0 aliphatic rings. The molecule has 2 N–H and O–H groups in total. The van der Waals surface area contributed by atoms with Crippen LogP contribution in [-0.4, -0.2) is 26.2 Å². The van der Waals surface area contributed by atoms with E-state index in [1.807, 2.05) is 0 Å². The molecule has 86 valence electrons. The second kappa shape index (κ2) is 4.80. The number of sulfonamides is 1. The van der Waals surface area contributed by atoms with Gasteiger partial charge < -0.3 is 5.11 Å². The van der Waals surface area contributed by atoms with Gasteiger partial charge in [-0.3, -0.25) is 0 Å². The standard InChI is InChI=1S/C8H12ClNO3S2/c1-5-3-7(14-8(5)9)15(12,13)10-6(2)4-11/h3,6,10-11H,4H2,1-2H3/t6-/m1/s1. The highest BCUT2D eigenvalue weighted by molar-refractivity contribution is 7.91. The molecule has 1 rings (SSSR count). The highest BCUT2D eigenvalue weighted by Crippen LogP contribution is 2.29.